The van der Waals surface area contributed by atoms with Gasteiger partial charge in [0.1, 0.15) is 11.5 Å². The Morgan fingerprint density at radius 2 is 1.30 bits per heavy atom. The van der Waals surface area contributed by atoms with Crippen LogP contribution in [0.5, 0.6) is 11.5 Å². The molecule has 3 heterocycles. The molecule has 0 spiro atoms. The zero-order chi connectivity index (χ0) is 28.4. The predicted octanol–water partition coefficient (Wildman–Crippen LogP) is 8.45. The van der Waals surface area contributed by atoms with E-state index in [4.69, 9.17) is 4.74 Å². The standard InChI is InChI=1S/C39H27BN2O/c1-39(2)28-15-5-3-12-24(28)26-22-23-35-38(36(26)39)42(33-20-9-10-21-34(33)43-35)40-29-16-6-8-19-32(29)41-31-18-7-4-13-25(31)27-14-11-17-30(40)37(27)41/h3-23H,1-2H3. The number of nitrogens with zero attached hydrogens (tertiary/aromatic N) is 2. The maximum absolute atomic E-state index is 6.75. The van der Waals surface area contributed by atoms with E-state index in [0.717, 1.165) is 17.2 Å². The van der Waals surface area contributed by atoms with Crippen molar-refractivity contribution in [2.24, 2.45) is 0 Å². The fourth-order valence-electron chi connectivity index (χ4n) is 8.28. The monoisotopic (exact) mass is 550 g/mol. The Morgan fingerprint density at radius 1 is 0.581 bits per heavy atom. The molecule has 2 aliphatic heterocycles. The first-order valence-corrected chi connectivity index (χ1v) is 15.1. The van der Waals surface area contributed by atoms with Gasteiger partial charge < -0.3 is 14.1 Å². The van der Waals surface area contributed by atoms with E-state index in [1.165, 1.54) is 66.4 Å². The number of hydrogen-bond donors (Lipinski definition) is 0. The number of fused-ring (bicyclic) bond motifs is 11. The summed E-state index contributed by atoms with van der Waals surface area (Å²) < 4.78 is 9.23. The van der Waals surface area contributed by atoms with Crippen molar-refractivity contribution >= 4 is 51.0 Å². The minimum absolute atomic E-state index is 0.0495. The first kappa shape index (κ1) is 23.4. The van der Waals surface area contributed by atoms with Gasteiger partial charge in [0, 0.05) is 21.9 Å². The number of hydrogen-bond acceptors (Lipinski definition) is 2. The normalized spacial score (nSPS) is 15.0. The van der Waals surface area contributed by atoms with Crippen LogP contribution in [0.1, 0.15) is 25.0 Å². The van der Waals surface area contributed by atoms with Gasteiger partial charge in [0.15, 0.2) is 0 Å². The van der Waals surface area contributed by atoms with Crippen LogP contribution in [-0.4, -0.2) is 11.4 Å². The maximum Gasteiger partial charge on any atom is 0.332 e. The van der Waals surface area contributed by atoms with Crippen molar-refractivity contribution in [3.63, 3.8) is 0 Å². The average Bonchev–Trinajstić information content (AvgIpc) is 3.51. The summed E-state index contributed by atoms with van der Waals surface area (Å²) in [5.41, 5.74) is 13.7. The molecule has 1 aromatic heterocycles. The van der Waals surface area contributed by atoms with Crippen molar-refractivity contribution < 1.29 is 4.74 Å². The molecular weight excluding hydrogens is 523 g/mol. The van der Waals surface area contributed by atoms with Gasteiger partial charge in [0.25, 0.3) is 0 Å². The van der Waals surface area contributed by atoms with E-state index in [9.17, 15) is 0 Å². The number of anilines is 2. The summed E-state index contributed by atoms with van der Waals surface area (Å²) in [6, 6.07) is 46.5. The van der Waals surface area contributed by atoms with E-state index in [-0.39, 0.29) is 12.3 Å². The topological polar surface area (TPSA) is 17.4 Å². The second-order valence-corrected chi connectivity index (χ2v) is 12.5. The molecule has 6 aromatic carbocycles. The fourth-order valence-corrected chi connectivity index (χ4v) is 8.28. The molecule has 1 aliphatic carbocycles. The third kappa shape index (κ3) is 2.81. The number of benzene rings is 6. The molecule has 3 aliphatic rings. The van der Waals surface area contributed by atoms with E-state index < -0.39 is 0 Å². The second-order valence-electron chi connectivity index (χ2n) is 12.5. The summed E-state index contributed by atoms with van der Waals surface area (Å²) in [7, 11) is 0. The second kappa shape index (κ2) is 7.99. The van der Waals surface area contributed by atoms with Crippen molar-refractivity contribution in [3.05, 3.63) is 139 Å². The zero-order valence-corrected chi connectivity index (χ0v) is 24.0. The van der Waals surface area contributed by atoms with Crippen LogP contribution in [0.15, 0.2) is 127 Å². The van der Waals surface area contributed by atoms with Crippen LogP contribution in [0.4, 0.5) is 11.4 Å². The lowest BCUT2D eigenvalue weighted by Crippen LogP contribution is -2.59. The molecular formula is C39H27BN2O. The Balaban J connectivity index is 1.35. The van der Waals surface area contributed by atoms with Crippen molar-refractivity contribution in [1.29, 1.82) is 0 Å². The smallest absolute Gasteiger partial charge is 0.332 e. The van der Waals surface area contributed by atoms with Gasteiger partial charge in [-0.2, -0.15) is 0 Å². The molecule has 0 radical (unpaired) electrons. The number of aromatic nitrogens is 1. The molecule has 0 fully saturated rings. The maximum atomic E-state index is 6.75. The molecule has 0 amide bonds. The third-order valence-electron chi connectivity index (χ3n) is 9.99. The van der Waals surface area contributed by atoms with E-state index in [1.807, 2.05) is 0 Å². The molecule has 7 aromatic rings. The summed E-state index contributed by atoms with van der Waals surface area (Å²) in [5, 5.41) is 2.58. The zero-order valence-electron chi connectivity index (χ0n) is 24.0. The first-order chi connectivity index (χ1) is 21.1. The highest BCUT2D eigenvalue weighted by molar-refractivity contribution is 6.92. The molecule has 3 nitrogen and oxygen atoms in total. The van der Waals surface area contributed by atoms with Crippen LogP contribution < -0.4 is 20.5 Å². The largest absolute Gasteiger partial charge is 0.453 e. The average molecular weight is 550 g/mol. The van der Waals surface area contributed by atoms with E-state index in [0.29, 0.717) is 0 Å². The highest BCUT2D eigenvalue weighted by Gasteiger charge is 2.46. The van der Waals surface area contributed by atoms with Crippen molar-refractivity contribution in [2.45, 2.75) is 19.3 Å². The number of ether oxygens (including phenoxy) is 1. The molecule has 0 bridgehead atoms. The molecule has 0 saturated heterocycles. The van der Waals surface area contributed by atoms with Gasteiger partial charge in [-0.3, -0.25) is 0 Å². The van der Waals surface area contributed by atoms with Crippen molar-refractivity contribution in [2.75, 3.05) is 4.81 Å². The Bertz CT molecular complexity index is 2330. The van der Waals surface area contributed by atoms with E-state index in [2.05, 4.69) is 151 Å². The molecule has 43 heavy (non-hydrogen) atoms. The molecule has 0 N–H and O–H groups in total. The van der Waals surface area contributed by atoms with Gasteiger partial charge in [-0.05, 0) is 63.5 Å². The summed E-state index contributed by atoms with van der Waals surface area (Å²) in [6.07, 6.45) is 0. The van der Waals surface area contributed by atoms with Crippen LogP contribution in [0.2, 0.25) is 0 Å². The van der Waals surface area contributed by atoms with Gasteiger partial charge in [0.05, 0.1) is 22.4 Å². The quantitative estimate of drug-likeness (QED) is 0.191. The summed E-state index contributed by atoms with van der Waals surface area (Å²) in [6.45, 7) is 4.68. The Kier molecular flexibility index (Phi) is 4.34. The van der Waals surface area contributed by atoms with E-state index in [1.54, 1.807) is 0 Å². The number of rotatable bonds is 1. The lowest BCUT2D eigenvalue weighted by Gasteiger charge is -2.42. The van der Waals surface area contributed by atoms with Gasteiger partial charge in [-0.25, -0.2) is 0 Å². The van der Waals surface area contributed by atoms with E-state index >= 15 is 0 Å². The van der Waals surface area contributed by atoms with Gasteiger partial charge >= 0.3 is 6.85 Å². The van der Waals surface area contributed by atoms with Gasteiger partial charge in [0.2, 0.25) is 0 Å². The van der Waals surface area contributed by atoms with Crippen LogP contribution in [-0.2, 0) is 5.41 Å². The Morgan fingerprint density at radius 3 is 2.23 bits per heavy atom. The van der Waals surface area contributed by atoms with Crippen molar-refractivity contribution in [3.8, 4) is 28.3 Å². The Labute approximate surface area is 250 Å². The predicted molar refractivity (Wildman–Crippen MR) is 178 cm³/mol. The summed E-state index contributed by atoms with van der Waals surface area (Å²) >= 11 is 0. The third-order valence-corrected chi connectivity index (χ3v) is 9.99. The van der Waals surface area contributed by atoms with Crippen molar-refractivity contribution in [1.82, 2.24) is 4.57 Å². The molecule has 10 rings (SSSR count). The minimum atomic E-state index is -0.194. The minimum Gasteiger partial charge on any atom is -0.453 e. The van der Waals surface area contributed by atoms with Crippen LogP contribution in [0.3, 0.4) is 0 Å². The molecule has 0 unspecified atom stereocenters. The van der Waals surface area contributed by atoms with Gasteiger partial charge in [-0.15, -0.1) is 0 Å². The summed E-state index contributed by atoms with van der Waals surface area (Å²) in [4.78, 5) is 2.59. The molecule has 4 heteroatoms. The molecule has 202 valence electrons. The van der Waals surface area contributed by atoms with Crippen LogP contribution in [0, 0.1) is 0 Å². The van der Waals surface area contributed by atoms with Crippen LogP contribution >= 0.6 is 0 Å². The molecule has 0 saturated carbocycles. The van der Waals surface area contributed by atoms with Crippen LogP contribution in [0.25, 0.3) is 38.6 Å². The number of para-hydroxylation sites is 5. The lowest BCUT2D eigenvalue weighted by atomic mass is 9.46. The first-order valence-electron chi connectivity index (χ1n) is 15.1. The van der Waals surface area contributed by atoms with Gasteiger partial charge in [-0.1, -0.05) is 111 Å². The highest BCUT2D eigenvalue weighted by atomic mass is 16.5. The SMILES string of the molecule is CC1(C)c2ccccc2-c2ccc3c(c21)N(B1c2ccccc2-n2c4ccccc4c4cccc1c42)c1ccccc1O3. The lowest BCUT2D eigenvalue weighted by molar-refractivity contribution is 0.475. The fraction of sp³-hybridized carbons (Fsp3) is 0.0769. The summed E-state index contributed by atoms with van der Waals surface area (Å²) in [5.74, 6) is 1.80. The highest BCUT2D eigenvalue weighted by Crippen LogP contribution is 2.59. The molecule has 0 atom stereocenters. The Hall–Kier alpha value is -5.22.